The molecule has 1 unspecified atom stereocenters. The number of nitrogens with two attached hydrogens (primary N) is 1. The van der Waals surface area contributed by atoms with Gasteiger partial charge in [-0.25, -0.2) is 0 Å². The second kappa shape index (κ2) is 5.18. The standard InChI is InChI=1S/C13H11BrN2O2/c14-8-4-5-9(10(15)7-8)12(13(17)18)11-3-1-2-6-16-11/h1-7,12H,15H2,(H,17,18). The van der Waals surface area contributed by atoms with Crippen LogP contribution in [0.25, 0.3) is 0 Å². The van der Waals surface area contributed by atoms with E-state index < -0.39 is 11.9 Å². The highest BCUT2D eigenvalue weighted by Crippen LogP contribution is 2.30. The summed E-state index contributed by atoms with van der Waals surface area (Å²) in [5.41, 5.74) is 7.33. The average molecular weight is 307 g/mol. The van der Waals surface area contributed by atoms with Crippen molar-refractivity contribution in [3.8, 4) is 0 Å². The zero-order valence-electron chi connectivity index (χ0n) is 9.38. The number of benzene rings is 1. The first kappa shape index (κ1) is 12.6. The van der Waals surface area contributed by atoms with Crippen molar-refractivity contribution in [1.29, 1.82) is 0 Å². The van der Waals surface area contributed by atoms with Gasteiger partial charge in [-0.05, 0) is 29.8 Å². The van der Waals surface area contributed by atoms with Crippen LogP contribution in [0.4, 0.5) is 5.69 Å². The van der Waals surface area contributed by atoms with E-state index in [2.05, 4.69) is 20.9 Å². The zero-order chi connectivity index (χ0) is 13.1. The number of nitrogens with zero attached hydrogens (tertiary/aromatic N) is 1. The summed E-state index contributed by atoms with van der Waals surface area (Å²) in [4.78, 5) is 15.5. The molecule has 1 aromatic carbocycles. The fourth-order valence-corrected chi connectivity index (χ4v) is 2.15. The van der Waals surface area contributed by atoms with E-state index in [-0.39, 0.29) is 0 Å². The van der Waals surface area contributed by atoms with Crippen LogP contribution in [0.15, 0.2) is 47.1 Å². The number of pyridine rings is 1. The Bertz CT molecular complexity index is 572. The lowest BCUT2D eigenvalue weighted by atomic mass is 9.94. The van der Waals surface area contributed by atoms with Crippen molar-refractivity contribution in [2.24, 2.45) is 0 Å². The van der Waals surface area contributed by atoms with Gasteiger partial charge in [0.1, 0.15) is 5.92 Å². The van der Waals surface area contributed by atoms with E-state index in [4.69, 9.17) is 5.73 Å². The number of nitrogen functional groups attached to an aromatic ring is 1. The van der Waals surface area contributed by atoms with Crippen molar-refractivity contribution in [3.05, 3.63) is 58.3 Å². The third-order valence-corrected chi connectivity index (χ3v) is 3.08. The van der Waals surface area contributed by atoms with Crippen molar-refractivity contribution >= 4 is 27.6 Å². The van der Waals surface area contributed by atoms with Crippen LogP contribution in [0.5, 0.6) is 0 Å². The molecule has 0 aliphatic heterocycles. The third-order valence-electron chi connectivity index (χ3n) is 2.59. The zero-order valence-corrected chi connectivity index (χ0v) is 11.0. The average Bonchev–Trinajstić information content (AvgIpc) is 2.33. The van der Waals surface area contributed by atoms with E-state index >= 15 is 0 Å². The lowest BCUT2D eigenvalue weighted by Gasteiger charge is -2.14. The lowest BCUT2D eigenvalue weighted by Crippen LogP contribution is -2.16. The molecule has 0 fully saturated rings. The van der Waals surface area contributed by atoms with Crippen LogP contribution in [-0.2, 0) is 4.79 Å². The van der Waals surface area contributed by atoms with Gasteiger partial charge in [0, 0.05) is 16.4 Å². The minimum Gasteiger partial charge on any atom is -0.480 e. The van der Waals surface area contributed by atoms with Gasteiger partial charge in [0.15, 0.2) is 0 Å². The highest BCUT2D eigenvalue weighted by atomic mass is 79.9. The number of rotatable bonds is 3. The molecule has 2 aromatic rings. The molecule has 5 heteroatoms. The van der Waals surface area contributed by atoms with Crippen molar-refractivity contribution in [3.63, 3.8) is 0 Å². The molecule has 4 nitrogen and oxygen atoms in total. The van der Waals surface area contributed by atoms with Gasteiger partial charge in [-0.15, -0.1) is 0 Å². The molecule has 92 valence electrons. The van der Waals surface area contributed by atoms with E-state index in [1.165, 1.54) is 0 Å². The summed E-state index contributed by atoms with van der Waals surface area (Å²) < 4.78 is 0.814. The van der Waals surface area contributed by atoms with Crippen molar-refractivity contribution in [2.45, 2.75) is 5.92 Å². The molecule has 3 N–H and O–H groups in total. The smallest absolute Gasteiger partial charge is 0.317 e. The second-order valence-corrected chi connectivity index (χ2v) is 4.71. The molecule has 1 aromatic heterocycles. The minimum absolute atomic E-state index is 0.433. The Kier molecular flexibility index (Phi) is 3.62. The maximum absolute atomic E-state index is 11.4. The van der Waals surface area contributed by atoms with Gasteiger partial charge in [0.25, 0.3) is 0 Å². The van der Waals surface area contributed by atoms with Crippen LogP contribution in [0.2, 0.25) is 0 Å². The summed E-state index contributed by atoms with van der Waals surface area (Å²) in [6.45, 7) is 0. The Morgan fingerprint density at radius 2 is 2.11 bits per heavy atom. The van der Waals surface area contributed by atoms with Crippen molar-refractivity contribution < 1.29 is 9.90 Å². The number of aliphatic carboxylic acids is 1. The maximum Gasteiger partial charge on any atom is 0.317 e. The van der Waals surface area contributed by atoms with Gasteiger partial charge >= 0.3 is 5.97 Å². The van der Waals surface area contributed by atoms with Crippen LogP contribution in [0.3, 0.4) is 0 Å². The Labute approximate surface area is 113 Å². The second-order valence-electron chi connectivity index (χ2n) is 3.80. The number of hydrogen-bond donors (Lipinski definition) is 2. The molecule has 0 aliphatic carbocycles. The number of carboxylic acids is 1. The van der Waals surface area contributed by atoms with Gasteiger partial charge in [-0.3, -0.25) is 9.78 Å². The maximum atomic E-state index is 11.4. The molecule has 1 atom stereocenters. The van der Waals surface area contributed by atoms with Gasteiger partial charge < -0.3 is 10.8 Å². The Balaban J connectivity index is 2.52. The van der Waals surface area contributed by atoms with Gasteiger partial charge in [-0.2, -0.15) is 0 Å². The fourth-order valence-electron chi connectivity index (χ4n) is 1.77. The molecule has 0 radical (unpaired) electrons. The normalized spacial score (nSPS) is 12.1. The van der Waals surface area contributed by atoms with Crippen LogP contribution in [-0.4, -0.2) is 16.1 Å². The number of halogens is 1. The highest BCUT2D eigenvalue weighted by Gasteiger charge is 2.25. The predicted octanol–water partition coefficient (Wildman–Crippen LogP) is 2.64. The number of aromatic nitrogens is 1. The summed E-state index contributed by atoms with van der Waals surface area (Å²) >= 11 is 3.30. The first-order valence-corrected chi connectivity index (χ1v) is 6.07. The minimum atomic E-state index is -0.970. The number of carbonyl (C=O) groups is 1. The highest BCUT2D eigenvalue weighted by molar-refractivity contribution is 9.10. The number of hydrogen-bond acceptors (Lipinski definition) is 3. The summed E-state index contributed by atoms with van der Waals surface area (Å²) in [7, 11) is 0. The van der Waals surface area contributed by atoms with E-state index in [1.54, 1.807) is 42.6 Å². The Morgan fingerprint density at radius 3 is 2.67 bits per heavy atom. The molecule has 0 aliphatic rings. The Morgan fingerprint density at radius 1 is 1.33 bits per heavy atom. The van der Waals surface area contributed by atoms with E-state index in [1.807, 2.05) is 0 Å². The predicted molar refractivity (Wildman–Crippen MR) is 72.3 cm³/mol. The first-order chi connectivity index (χ1) is 8.59. The molecule has 1 heterocycles. The van der Waals surface area contributed by atoms with E-state index in [9.17, 15) is 9.90 Å². The summed E-state index contributed by atoms with van der Waals surface area (Å²) in [6, 6.07) is 10.3. The molecule has 0 saturated heterocycles. The molecule has 0 bridgehead atoms. The van der Waals surface area contributed by atoms with Gasteiger partial charge in [-0.1, -0.05) is 28.1 Å². The van der Waals surface area contributed by atoms with Crippen LogP contribution >= 0.6 is 15.9 Å². The van der Waals surface area contributed by atoms with Gasteiger partial charge in [0.2, 0.25) is 0 Å². The first-order valence-electron chi connectivity index (χ1n) is 5.28. The molecule has 0 spiro atoms. The van der Waals surface area contributed by atoms with Gasteiger partial charge in [0.05, 0.1) is 5.69 Å². The quantitative estimate of drug-likeness (QED) is 0.855. The summed E-state index contributed by atoms with van der Waals surface area (Å²) in [5, 5.41) is 9.37. The molecular formula is C13H11BrN2O2. The van der Waals surface area contributed by atoms with Crippen LogP contribution in [0, 0.1) is 0 Å². The fraction of sp³-hybridized carbons (Fsp3) is 0.0769. The number of carboxylic acid groups (broad SMARTS) is 1. The monoisotopic (exact) mass is 306 g/mol. The van der Waals surface area contributed by atoms with Crippen LogP contribution in [0.1, 0.15) is 17.2 Å². The molecule has 18 heavy (non-hydrogen) atoms. The summed E-state index contributed by atoms with van der Waals surface area (Å²) in [5.74, 6) is -1.82. The molecule has 0 saturated carbocycles. The largest absolute Gasteiger partial charge is 0.480 e. The molecular weight excluding hydrogens is 296 g/mol. The Hall–Kier alpha value is -1.88. The van der Waals surface area contributed by atoms with Crippen LogP contribution < -0.4 is 5.73 Å². The topological polar surface area (TPSA) is 76.2 Å². The molecule has 2 rings (SSSR count). The number of anilines is 1. The summed E-state index contributed by atoms with van der Waals surface area (Å²) in [6.07, 6.45) is 1.57. The van der Waals surface area contributed by atoms with Crippen molar-refractivity contribution in [1.82, 2.24) is 4.98 Å². The third kappa shape index (κ3) is 2.51. The SMILES string of the molecule is Nc1cc(Br)ccc1C(C(=O)O)c1ccccn1. The molecule has 0 amide bonds. The van der Waals surface area contributed by atoms with Crippen molar-refractivity contribution in [2.75, 3.05) is 5.73 Å². The van der Waals surface area contributed by atoms with E-state index in [0.717, 1.165) is 4.47 Å². The lowest BCUT2D eigenvalue weighted by molar-refractivity contribution is -0.137. The van der Waals surface area contributed by atoms with E-state index in [0.29, 0.717) is 16.9 Å².